The van der Waals surface area contributed by atoms with E-state index < -0.39 is 11.9 Å². The summed E-state index contributed by atoms with van der Waals surface area (Å²) < 4.78 is 0.954. The van der Waals surface area contributed by atoms with Gasteiger partial charge in [-0.25, -0.2) is 0 Å². The van der Waals surface area contributed by atoms with Gasteiger partial charge in [-0.1, -0.05) is 40.5 Å². The minimum atomic E-state index is -0.815. The second-order valence-electron chi connectivity index (χ2n) is 5.10. The van der Waals surface area contributed by atoms with Gasteiger partial charge in [-0.15, -0.1) is 0 Å². The third kappa shape index (κ3) is 7.79. The van der Waals surface area contributed by atoms with Gasteiger partial charge in [0.2, 0.25) is 0 Å². The van der Waals surface area contributed by atoms with Gasteiger partial charge in [-0.3, -0.25) is 9.59 Å². The lowest BCUT2D eigenvalue weighted by atomic mass is 10.2. The molecule has 1 rings (SSSR count). The summed E-state index contributed by atoms with van der Waals surface area (Å²) in [6.07, 6.45) is 3.52. The zero-order valence-corrected chi connectivity index (χ0v) is 14.8. The van der Waals surface area contributed by atoms with Gasteiger partial charge in [-0.2, -0.15) is 5.26 Å². The molecule has 0 heterocycles. The smallest absolute Gasteiger partial charge is 0.303 e. The standard InChI is InChI=1S/C17H20BrN3O3/c18-15-7-4-3-6-13(15)11-20-12-14(10-19)17(24)21-9-5-1-2-8-16(22)23/h3-4,6-7,12,20H,1-2,5,8-9,11H2,(H,21,24)(H,22,23)/b14-12-. The number of nitrogens with zero attached hydrogens (tertiary/aromatic N) is 1. The summed E-state index contributed by atoms with van der Waals surface area (Å²) in [5.74, 6) is -1.25. The molecular formula is C17H20BrN3O3. The van der Waals surface area contributed by atoms with Crippen LogP contribution < -0.4 is 10.6 Å². The fraction of sp³-hybridized carbons (Fsp3) is 0.353. The second-order valence-corrected chi connectivity index (χ2v) is 5.96. The van der Waals surface area contributed by atoms with Crippen LogP contribution in [-0.2, 0) is 16.1 Å². The Labute approximate surface area is 149 Å². The average Bonchev–Trinajstić information content (AvgIpc) is 2.56. The van der Waals surface area contributed by atoms with Gasteiger partial charge in [-0.05, 0) is 24.5 Å². The Hall–Kier alpha value is -2.33. The molecular weight excluding hydrogens is 374 g/mol. The highest BCUT2D eigenvalue weighted by Gasteiger charge is 2.08. The van der Waals surface area contributed by atoms with Crippen molar-refractivity contribution in [1.82, 2.24) is 10.6 Å². The van der Waals surface area contributed by atoms with E-state index in [0.29, 0.717) is 25.9 Å². The fourth-order valence-corrected chi connectivity index (χ4v) is 2.35. The molecule has 0 aliphatic rings. The maximum absolute atomic E-state index is 11.9. The maximum Gasteiger partial charge on any atom is 0.303 e. The topological polar surface area (TPSA) is 102 Å². The van der Waals surface area contributed by atoms with Gasteiger partial charge >= 0.3 is 5.97 Å². The van der Waals surface area contributed by atoms with Gasteiger partial charge in [0.15, 0.2) is 0 Å². The number of nitrogens with one attached hydrogen (secondary N) is 2. The van der Waals surface area contributed by atoms with E-state index >= 15 is 0 Å². The summed E-state index contributed by atoms with van der Waals surface area (Å²) >= 11 is 3.43. The molecule has 0 fully saturated rings. The number of amides is 1. The Morgan fingerprint density at radius 2 is 2.00 bits per heavy atom. The zero-order chi connectivity index (χ0) is 17.8. The minimum Gasteiger partial charge on any atom is -0.481 e. The first kappa shape index (κ1) is 19.7. The average molecular weight is 394 g/mol. The lowest BCUT2D eigenvalue weighted by Gasteiger charge is -2.06. The molecule has 0 aliphatic heterocycles. The highest BCUT2D eigenvalue weighted by atomic mass is 79.9. The largest absolute Gasteiger partial charge is 0.481 e. The number of carboxylic acids is 1. The van der Waals surface area contributed by atoms with Crippen LogP contribution in [0.2, 0.25) is 0 Å². The van der Waals surface area contributed by atoms with Crippen molar-refractivity contribution in [2.24, 2.45) is 0 Å². The summed E-state index contributed by atoms with van der Waals surface area (Å²) in [5.41, 5.74) is 1.03. The van der Waals surface area contributed by atoms with Crippen LogP contribution in [0.15, 0.2) is 40.5 Å². The van der Waals surface area contributed by atoms with Crippen molar-refractivity contribution in [3.05, 3.63) is 46.1 Å². The number of rotatable bonds is 10. The number of benzene rings is 1. The van der Waals surface area contributed by atoms with Crippen LogP contribution in [0.25, 0.3) is 0 Å². The van der Waals surface area contributed by atoms with Crippen molar-refractivity contribution in [3.63, 3.8) is 0 Å². The van der Waals surface area contributed by atoms with Crippen molar-refractivity contribution in [3.8, 4) is 6.07 Å². The van der Waals surface area contributed by atoms with Crippen molar-refractivity contribution >= 4 is 27.8 Å². The van der Waals surface area contributed by atoms with Crippen LogP contribution in [0.4, 0.5) is 0 Å². The van der Waals surface area contributed by atoms with E-state index in [1.54, 1.807) is 0 Å². The molecule has 1 amide bonds. The van der Waals surface area contributed by atoms with E-state index in [1.165, 1.54) is 6.20 Å². The molecule has 1 aromatic rings. The number of aliphatic carboxylic acids is 1. The van der Waals surface area contributed by atoms with Crippen LogP contribution >= 0.6 is 15.9 Å². The zero-order valence-electron chi connectivity index (χ0n) is 13.2. The molecule has 0 atom stereocenters. The fourth-order valence-electron chi connectivity index (χ4n) is 1.93. The quantitative estimate of drug-likeness (QED) is 0.322. The molecule has 0 unspecified atom stereocenters. The number of hydrogen-bond acceptors (Lipinski definition) is 4. The van der Waals surface area contributed by atoms with E-state index in [1.807, 2.05) is 30.3 Å². The summed E-state index contributed by atoms with van der Waals surface area (Å²) in [6, 6.07) is 9.55. The number of halogens is 1. The van der Waals surface area contributed by atoms with E-state index in [4.69, 9.17) is 10.4 Å². The van der Waals surface area contributed by atoms with E-state index in [9.17, 15) is 9.59 Å². The number of hydrogen-bond donors (Lipinski definition) is 3. The molecule has 1 aromatic carbocycles. The van der Waals surface area contributed by atoms with Gasteiger partial charge in [0.1, 0.15) is 11.6 Å². The van der Waals surface area contributed by atoms with Crippen molar-refractivity contribution < 1.29 is 14.7 Å². The SMILES string of the molecule is N#C/C(=C/NCc1ccccc1Br)C(=O)NCCCCCC(=O)O. The first-order valence-electron chi connectivity index (χ1n) is 7.61. The van der Waals surface area contributed by atoms with Crippen molar-refractivity contribution in [2.75, 3.05) is 6.54 Å². The lowest BCUT2D eigenvalue weighted by molar-refractivity contribution is -0.137. The summed E-state index contributed by atoms with van der Waals surface area (Å²) in [6.45, 7) is 0.913. The molecule has 0 spiro atoms. The Balaban J connectivity index is 2.34. The van der Waals surface area contributed by atoms with Crippen LogP contribution in [0, 0.1) is 11.3 Å². The normalized spacial score (nSPS) is 10.8. The Morgan fingerprint density at radius 3 is 2.67 bits per heavy atom. The third-order valence-electron chi connectivity index (χ3n) is 3.21. The summed E-state index contributed by atoms with van der Waals surface area (Å²) in [4.78, 5) is 22.2. The number of carbonyl (C=O) groups is 2. The Bertz CT molecular complexity index is 638. The number of carboxylic acid groups (broad SMARTS) is 1. The molecule has 128 valence electrons. The van der Waals surface area contributed by atoms with E-state index in [2.05, 4.69) is 26.6 Å². The minimum absolute atomic E-state index is 0.00703. The molecule has 0 saturated carbocycles. The Morgan fingerprint density at radius 1 is 1.25 bits per heavy atom. The Kier molecular flexibility index (Phi) is 9.24. The molecule has 0 bridgehead atoms. The lowest BCUT2D eigenvalue weighted by Crippen LogP contribution is -2.26. The molecule has 7 heteroatoms. The monoisotopic (exact) mass is 393 g/mol. The molecule has 0 aromatic heterocycles. The van der Waals surface area contributed by atoms with Crippen LogP contribution in [0.5, 0.6) is 0 Å². The van der Waals surface area contributed by atoms with Crippen LogP contribution in [-0.4, -0.2) is 23.5 Å². The van der Waals surface area contributed by atoms with Gasteiger partial charge in [0.25, 0.3) is 5.91 Å². The predicted molar refractivity (Wildman–Crippen MR) is 93.8 cm³/mol. The number of carbonyl (C=O) groups excluding carboxylic acids is 1. The first-order chi connectivity index (χ1) is 11.5. The van der Waals surface area contributed by atoms with Gasteiger partial charge in [0, 0.05) is 30.2 Å². The molecule has 24 heavy (non-hydrogen) atoms. The second kappa shape index (κ2) is 11.2. The third-order valence-corrected chi connectivity index (χ3v) is 3.99. The highest BCUT2D eigenvalue weighted by molar-refractivity contribution is 9.10. The summed E-state index contributed by atoms with van der Waals surface area (Å²) in [5, 5.41) is 23.2. The van der Waals surface area contributed by atoms with Crippen molar-refractivity contribution in [1.29, 1.82) is 5.26 Å². The van der Waals surface area contributed by atoms with Gasteiger partial charge in [0.05, 0.1) is 0 Å². The maximum atomic E-state index is 11.9. The molecule has 0 radical (unpaired) electrons. The molecule has 3 N–H and O–H groups in total. The van der Waals surface area contributed by atoms with Crippen molar-refractivity contribution in [2.45, 2.75) is 32.2 Å². The first-order valence-corrected chi connectivity index (χ1v) is 8.41. The highest BCUT2D eigenvalue weighted by Crippen LogP contribution is 2.15. The van der Waals surface area contributed by atoms with E-state index in [-0.39, 0.29) is 12.0 Å². The molecule has 6 nitrogen and oxygen atoms in total. The van der Waals surface area contributed by atoms with E-state index in [0.717, 1.165) is 16.5 Å². The van der Waals surface area contributed by atoms with Crippen LogP contribution in [0.3, 0.4) is 0 Å². The van der Waals surface area contributed by atoms with Crippen LogP contribution in [0.1, 0.15) is 31.2 Å². The number of nitriles is 1. The number of unbranched alkanes of at least 4 members (excludes halogenated alkanes) is 2. The predicted octanol–water partition coefficient (Wildman–Crippen LogP) is 2.71. The molecule has 0 saturated heterocycles. The molecule has 0 aliphatic carbocycles. The summed E-state index contributed by atoms with van der Waals surface area (Å²) in [7, 11) is 0. The van der Waals surface area contributed by atoms with Gasteiger partial charge < -0.3 is 15.7 Å².